The summed E-state index contributed by atoms with van der Waals surface area (Å²) in [5.74, 6) is -0.389. The van der Waals surface area contributed by atoms with E-state index in [0.717, 1.165) is 29.4 Å². The van der Waals surface area contributed by atoms with Crippen LogP contribution in [-0.2, 0) is 16.2 Å². The number of nitrogens with one attached hydrogen (secondary N) is 1. The van der Waals surface area contributed by atoms with Gasteiger partial charge in [0.05, 0.1) is 17.0 Å². The first-order chi connectivity index (χ1) is 18.1. The highest BCUT2D eigenvalue weighted by molar-refractivity contribution is 14.1. The molecule has 1 aliphatic rings. The molecule has 0 unspecified atom stereocenters. The first-order valence-corrected chi connectivity index (χ1v) is 14.0. The number of benzene rings is 3. The quantitative estimate of drug-likeness (QED) is 0.123. The van der Waals surface area contributed by atoms with Gasteiger partial charge in [-0.05, 0) is 111 Å². The van der Waals surface area contributed by atoms with Crippen LogP contribution in [0.4, 0.5) is 16.2 Å². The molecule has 0 aliphatic carbocycles. The minimum Gasteiger partial charge on any atom is -0.487 e. The van der Waals surface area contributed by atoms with Gasteiger partial charge in [-0.3, -0.25) is 29.4 Å². The third-order valence-corrected chi connectivity index (χ3v) is 7.81. The Morgan fingerprint density at radius 2 is 1.82 bits per heavy atom. The summed E-state index contributed by atoms with van der Waals surface area (Å²) in [6, 6.07) is 17.1. The molecule has 1 aliphatic heterocycles. The molecule has 0 radical (unpaired) electrons. The van der Waals surface area contributed by atoms with E-state index in [2.05, 4.69) is 50.5 Å². The normalized spacial score (nSPS) is 14.2. The molecule has 9 nitrogen and oxygen atoms in total. The monoisotopic (exact) mass is 755 g/mol. The zero-order chi connectivity index (χ0) is 27.4. The summed E-state index contributed by atoms with van der Waals surface area (Å²) in [6.07, 6.45) is 1.61. The summed E-state index contributed by atoms with van der Waals surface area (Å²) in [5, 5.41) is 13.2. The highest BCUT2D eigenvalue weighted by Gasteiger charge is 2.36. The van der Waals surface area contributed by atoms with Crippen molar-refractivity contribution < 1.29 is 24.0 Å². The number of aryl methyl sites for hydroxylation is 1. The molecule has 1 fully saturated rings. The zero-order valence-corrected chi connectivity index (χ0v) is 24.9. The van der Waals surface area contributed by atoms with E-state index in [4.69, 9.17) is 4.74 Å². The number of imide groups is 1. The average Bonchev–Trinajstić information content (AvgIpc) is 3.11. The predicted molar refractivity (Wildman–Crippen MR) is 162 cm³/mol. The van der Waals surface area contributed by atoms with Crippen molar-refractivity contribution in [2.45, 2.75) is 13.5 Å². The molecule has 1 N–H and O–H groups in total. The third kappa shape index (κ3) is 6.91. The number of nitro groups is 1. The number of hydrogen-bond donors (Lipinski definition) is 1. The smallest absolute Gasteiger partial charge is 0.294 e. The van der Waals surface area contributed by atoms with Gasteiger partial charge in [0.25, 0.3) is 16.8 Å². The fraction of sp³-hybridized carbons (Fsp3) is 0.115. The number of nitrogens with zero attached hydrogens (tertiary/aromatic N) is 2. The van der Waals surface area contributed by atoms with Crippen molar-refractivity contribution in [1.29, 1.82) is 0 Å². The van der Waals surface area contributed by atoms with E-state index >= 15 is 0 Å². The SMILES string of the molecule is Cc1cccc(NC(=O)CN2C(=O)S/C(=C\c3cc(I)c(OCc4cccc([N+](=O)[O-])c4)c(I)c3)C2=O)c1. The molecule has 3 aromatic rings. The van der Waals surface area contributed by atoms with E-state index in [1.165, 1.54) is 12.1 Å². The number of non-ortho nitro benzene ring substituents is 1. The summed E-state index contributed by atoms with van der Waals surface area (Å²) in [6.45, 7) is 1.67. The van der Waals surface area contributed by atoms with Crippen LogP contribution >= 0.6 is 56.9 Å². The summed E-state index contributed by atoms with van der Waals surface area (Å²) in [4.78, 5) is 49.5. The lowest BCUT2D eigenvalue weighted by atomic mass is 10.2. The molecule has 4 rings (SSSR count). The van der Waals surface area contributed by atoms with Crippen molar-refractivity contribution in [1.82, 2.24) is 4.90 Å². The summed E-state index contributed by atoms with van der Waals surface area (Å²) in [5.41, 5.74) is 2.91. The maximum atomic E-state index is 12.9. The second-order valence-electron chi connectivity index (χ2n) is 8.21. The van der Waals surface area contributed by atoms with Crippen LogP contribution in [0, 0.1) is 24.2 Å². The number of amides is 3. The van der Waals surface area contributed by atoms with Crippen LogP contribution in [0.2, 0.25) is 0 Å². The highest BCUT2D eigenvalue weighted by Crippen LogP contribution is 2.35. The van der Waals surface area contributed by atoms with Gasteiger partial charge in [-0.15, -0.1) is 0 Å². The molecule has 0 atom stereocenters. The van der Waals surface area contributed by atoms with Crippen LogP contribution < -0.4 is 10.1 Å². The van der Waals surface area contributed by atoms with E-state index in [9.17, 15) is 24.5 Å². The van der Waals surface area contributed by atoms with Gasteiger partial charge in [0.1, 0.15) is 18.9 Å². The first kappa shape index (κ1) is 28.0. The van der Waals surface area contributed by atoms with Crippen LogP contribution in [0.1, 0.15) is 16.7 Å². The molecule has 0 bridgehead atoms. The molecule has 194 valence electrons. The maximum Gasteiger partial charge on any atom is 0.294 e. The predicted octanol–water partition coefficient (Wildman–Crippen LogP) is 6.37. The van der Waals surface area contributed by atoms with Crippen molar-refractivity contribution in [3.63, 3.8) is 0 Å². The highest BCUT2D eigenvalue weighted by atomic mass is 127. The number of anilines is 1. The van der Waals surface area contributed by atoms with Gasteiger partial charge < -0.3 is 10.1 Å². The van der Waals surface area contributed by atoms with Gasteiger partial charge in [0.15, 0.2) is 0 Å². The van der Waals surface area contributed by atoms with Gasteiger partial charge in [0.2, 0.25) is 5.91 Å². The topological polar surface area (TPSA) is 119 Å². The number of rotatable bonds is 8. The summed E-state index contributed by atoms with van der Waals surface area (Å²) < 4.78 is 7.46. The molecule has 1 heterocycles. The minimum atomic E-state index is -0.532. The Balaban J connectivity index is 1.44. The van der Waals surface area contributed by atoms with E-state index < -0.39 is 22.0 Å². The minimum absolute atomic E-state index is 0.00701. The molecule has 0 saturated carbocycles. The van der Waals surface area contributed by atoms with Crippen molar-refractivity contribution >= 4 is 91.4 Å². The molecule has 1 saturated heterocycles. The van der Waals surface area contributed by atoms with Crippen molar-refractivity contribution in [3.05, 3.63) is 99.5 Å². The Hall–Kier alpha value is -2.98. The number of hydrogen-bond acceptors (Lipinski definition) is 7. The molecular formula is C26H19I2N3O6S. The average molecular weight is 755 g/mol. The number of thioether (sulfide) groups is 1. The Labute approximate surface area is 249 Å². The van der Waals surface area contributed by atoms with Crippen LogP contribution in [0.5, 0.6) is 5.75 Å². The fourth-order valence-electron chi connectivity index (χ4n) is 3.57. The zero-order valence-electron chi connectivity index (χ0n) is 19.8. The van der Waals surface area contributed by atoms with E-state index in [1.807, 2.05) is 25.1 Å². The molecule has 12 heteroatoms. The van der Waals surface area contributed by atoms with Crippen LogP contribution in [0.15, 0.2) is 65.6 Å². The standard InChI is InChI=1S/C26H19I2N3O6S/c1-15-4-2-6-18(8-15)29-23(32)13-30-25(33)22(38-26(30)34)12-17-10-20(27)24(21(28)11-17)37-14-16-5-3-7-19(9-16)31(35)36/h2-12H,13-14H2,1H3,(H,29,32)/b22-12-. The Bertz CT molecular complexity index is 1470. The number of carbonyl (C=O) groups excluding carboxylic acids is 3. The lowest BCUT2D eigenvalue weighted by Gasteiger charge is -2.13. The van der Waals surface area contributed by atoms with Crippen LogP contribution in [0.3, 0.4) is 0 Å². The van der Waals surface area contributed by atoms with Crippen LogP contribution in [0.25, 0.3) is 6.08 Å². The Morgan fingerprint density at radius 3 is 2.50 bits per heavy atom. The lowest BCUT2D eigenvalue weighted by molar-refractivity contribution is -0.384. The first-order valence-electron chi connectivity index (χ1n) is 11.1. The third-order valence-electron chi connectivity index (χ3n) is 5.30. The van der Waals surface area contributed by atoms with E-state index in [1.54, 1.807) is 36.4 Å². The lowest BCUT2D eigenvalue weighted by Crippen LogP contribution is -2.36. The van der Waals surface area contributed by atoms with Gasteiger partial charge in [0, 0.05) is 17.8 Å². The molecule has 3 aromatic carbocycles. The van der Waals surface area contributed by atoms with Crippen molar-refractivity contribution in [2.75, 3.05) is 11.9 Å². The van der Waals surface area contributed by atoms with Gasteiger partial charge in [-0.1, -0.05) is 24.3 Å². The Kier molecular flexibility index (Phi) is 9.04. The number of nitro benzene ring substituents is 1. The maximum absolute atomic E-state index is 12.9. The fourth-order valence-corrected chi connectivity index (χ4v) is 6.54. The molecule has 0 aromatic heterocycles. The van der Waals surface area contributed by atoms with Crippen LogP contribution in [-0.4, -0.2) is 33.4 Å². The molecule has 0 spiro atoms. The largest absolute Gasteiger partial charge is 0.487 e. The molecule has 3 amide bonds. The van der Waals surface area contributed by atoms with E-state index in [-0.39, 0.29) is 23.7 Å². The van der Waals surface area contributed by atoms with Gasteiger partial charge >= 0.3 is 0 Å². The number of carbonyl (C=O) groups is 3. The van der Waals surface area contributed by atoms with Gasteiger partial charge in [-0.2, -0.15) is 0 Å². The molecular weight excluding hydrogens is 736 g/mol. The Morgan fingerprint density at radius 1 is 1.11 bits per heavy atom. The second-order valence-corrected chi connectivity index (χ2v) is 11.5. The summed E-state index contributed by atoms with van der Waals surface area (Å²) >= 11 is 5.00. The van der Waals surface area contributed by atoms with Gasteiger partial charge in [-0.25, -0.2) is 0 Å². The number of halogens is 2. The second kappa shape index (κ2) is 12.3. The van der Waals surface area contributed by atoms with Crippen molar-refractivity contribution in [2.24, 2.45) is 0 Å². The number of ether oxygens (including phenoxy) is 1. The summed E-state index contributed by atoms with van der Waals surface area (Å²) in [7, 11) is 0. The van der Waals surface area contributed by atoms with E-state index in [0.29, 0.717) is 22.6 Å². The van der Waals surface area contributed by atoms with Crippen molar-refractivity contribution in [3.8, 4) is 5.75 Å². The molecule has 38 heavy (non-hydrogen) atoms.